The summed E-state index contributed by atoms with van der Waals surface area (Å²) < 4.78 is 5.31. The predicted octanol–water partition coefficient (Wildman–Crippen LogP) is 0.681. The van der Waals surface area contributed by atoms with Crippen molar-refractivity contribution in [1.29, 1.82) is 0 Å². The summed E-state index contributed by atoms with van der Waals surface area (Å²) in [5.74, 6) is -0.182. The fraction of sp³-hybridized carbons (Fsp3) is 0.800. The molecule has 0 radical (unpaired) electrons. The van der Waals surface area contributed by atoms with Crippen LogP contribution in [0.15, 0.2) is 0 Å². The molecule has 2 unspecified atom stereocenters. The molecular weight excluding hydrogens is 320 g/mol. The first-order valence-corrected chi connectivity index (χ1v) is 9.03. The summed E-state index contributed by atoms with van der Waals surface area (Å²) in [7, 11) is 0. The van der Waals surface area contributed by atoms with E-state index >= 15 is 0 Å². The lowest BCUT2D eigenvalue weighted by Crippen LogP contribution is -2.52. The number of thioether (sulfide) groups is 1. The lowest BCUT2D eigenvalue weighted by Gasteiger charge is -2.27. The van der Waals surface area contributed by atoms with Gasteiger partial charge in [-0.1, -0.05) is 13.8 Å². The monoisotopic (exact) mass is 344 g/mol. The van der Waals surface area contributed by atoms with Gasteiger partial charge in [0.25, 0.3) is 5.91 Å². The molecular formula is C15H24N2O5S. The van der Waals surface area contributed by atoms with E-state index in [-0.39, 0.29) is 17.9 Å². The summed E-state index contributed by atoms with van der Waals surface area (Å²) in [6.07, 6.45) is -0.971. The van der Waals surface area contributed by atoms with Crippen LogP contribution in [0.3, 0.4) is 0 Å². The number of ether oxygens (including phenoxy) is 1. The van der Waals surface area contributed by atoms with Gasteiger partial charge in [0, 0.05) is 11.8 Å². The van der Waals surface area contributed by atoms with Gasteiger partial charge in [-0.05, 0) is 25.7 Å². The maximum atomic E-state index is 12.6. The zero-order chi connectivity index (χ0) is 17.1. The molecule has 4 atom stereocenters. The van der Waals surface area contributed by atoms with Crippen molar-refractivity contribution in [3.8, 4) is 0 Å². The van der Waals surface area contributed by atoms with Crippen molar-refractivity contribution in [3.05, 3.63) is 0 Å². The number of carboxylic acid groups (broad SMARTS) is 1. The van der Waals surface area contributed by atoms with Crippen molar-refractivity contribution in [2.75, 3.05) is 11.6 Å². The molecule has 0 bridgehead atoms. The van der Waals surface area contributed by atoms with Gasteiger partial charge in [-0.15, -0.1) is 11.8 Å². The van der Waals surface area contributed by atoms with Crippen molar-refractivity contribution in [2.45, 2.75) is 57.9 Å². The Kier molecular flexibility index (Phi) is 5.91. The standard InChI is InChI=1S/C15H24N2O5S/c1-8(2)9(3)16-13(18)10-6-23-7-17(10)14(19)11-4-5-12(22-11)15(20)21/h8-12H,4-7H2,1-3H3,(H,16,18)(H,20,21)/t9?,10?,11-,12+/m0/s1. The third-order valence-corrected chi connectivity index (χ3v) is 5.42. The minimum absolute atomic E-state index is 0.0316. The second-order valence-electron chi connectivity index (χ2n) is 6.39. The lowest BCUT2D eigenvalue weighted by atomic mass is 10.1. The van der Waals surface area contributed by atoms with Crippen molar-refractivity contribution in [1.82, 2.24) is 10.2 Å². The van der Waals surface area contributed by atoms with Crippen LogP contribution in [-0.2, 0) is 19.1 Å². The third kappa shape index (κ3) is 4.17. The summed E-state index contributed by atoms with van der Waals surface area (Å²) in [6.45, 7) is 5.99. The van der Waals surface area contributed by atoms with Gasteiger partial charge in [0.2, 0.25) is 5.91 Å². The molecule has 2 rings (SSSR count). The zero-order valence-electron chi connectivity index (χ0n) is 13.7. The number of amides is 2. The first-order chi connectivity index (χ1) is 10.8. The molecule has 0 saturated carbocycles. The van der Waals surface area contributed by atoms with Gasteiger partial charge in [0.1, 0.15) is 12.1 Å². The second kappa shape index (κ2) is 7.53. The highest BCUT2D eigenvalue weighted by Gasteiger charge is 2.42. The number of carbonyl (C=O) groups excluding carboxylic acids is 2. The van der Waals surface area contributed by atoms with Gasteiger partial charge in [0.05, 0.1) is 5.88 Å². The van der Waals surface area contributed by atoms with Crippen molar-refractivity contribution >= 4 is 29.5 Å². The summed E-state index contributed by atoms with van der Waals surface area (Å²) in [4.78, 5) is 37.4. The molecule has 2 heterocycles. The number of carboxylic acids is 1. The average molecular weight is 344 g/mol. The van der Waals surface area contributed by atoms with Crippen molar-refractivity contribution < 1.29 is 24.2 Å². The van der Waals surface area contributed by atoms with Gasteiger partial charge in [-0.2, -0.15) is 0 Å². The molecule has 0 aromatic rings. The molecule has 0 spiro atoms. The van der Waals surface area contributed by atoms with Gasteiger partial charge >= 0.3 is 5.97 Å². The molecule has 0 aliphatic carbocycles. The maximum Gasteiger partial charge on any atom is 0.332 e. The molecule has 130 valence electrons. The van der Waals surface area contributed by atoms with Crippen molar-refractivity contribution in [2.24, 2.45) is 5.92 Å². The fourth-order valence-electron chi connectivity index (χ4n) is 2.55. The molecule has 0 aromatic heterocycles. The van der Waals surface area contributed by atoms with Gasteiger partial charge in [-0.3, -0.25) is 9.59 Å². The highest BCUT2D eigenvalue weighted by Crippen LogP contribution is 2.27. The maximum absolute atomic E-state index is 12.6. The van der Waals surface area contributed by atoms with Crippen LogP contribution in [0.1, 0.15) is 33.6 Å². The van der Waals surface area contributed by atoms with Gasteiger partial charge < -0.3 is 20.1 Å². The van der Waals surface area contributed by atoms with Crippen LogP contribution in [-0.4, -0.2) is 63.7 Å². The summed E-state index contributed by atoms with van der Waals surface area (Å²) in [5.41, 5.74) is 0. The Balaban J connectivity index is 1.97. The number of rotatable bonds is 5. The summed E-state index contributed by atoms with van der Waals surface area (Å²) in [5, 5.41) is 11.9. The molecule has 7 nitrogen and oxygen atoms in total. The first kappa shape index (κ1) is 18.1. The van der Waals surface area contributed by atoms with E-state index in [1.807, 2.05) is 20.8 Å². The number of nitrogens with zero attached hydrogens (tertiary/aromatic N) is 1. The van der Waals surface area contributed by atoms with Gasteiger partial charge in [-0.25, -0.2) is 4.79 Å². The number of hydrogen-bond donors (Lipinski definition) is 2. The normalized spacial score (nSPS) is 28.9. The van der Waals surface area contributed by atoms with Crippen LogP contribution in [0.4, 0.5) is 0 Å². The minimum atomic E-state index is -1.05. The minimum Gasteiger partial charge on any atom is -0.479 e. The van der Waals surface area contributed by atoms with E-state index in [1.54, 1.807) is 0 Å². The Bertz CT molecular complexity index is 484. The topological polar surface area (TPSA) is 95.9 Å². The second-order valence-corrected chi connectivity index (χ2v) is 7.39. The number of hydrogen-bond acceptors (Lipinski definition) is 5. The van der Waals surface area contributed by atoms with E-state index in [0.29, 0.717) is 30.4 Å². The summed E-state index contributed by atoms with van der Waals surface area (Å²) >= 11 is 1.52. The largest absolute Gasteiger partial charge is 0.479 e. The molecule has 0 aromatic carbocycles. The molecule has 23 heavy (non-hydrogen) atoms. The predicted molar refractivity (Wildman–Crippen MR) is 85.9 cm³/mol. The highest BCUT2D eigenvalue weighted by molar-refractivity contribution is 7.99. The van der Waals surface area contributed by atoms with E-state index in [0.717, 1.165) is 0 Å². The number of nitrogens with one attached hydrogen (secondary N) is 1. The van der Waals surface area contributed by atoms with Crippen LogP contribution in [0.2, 0.25) is 0 Å². The zero-order valence-corrected chi connectivity index (χ0v) is 14.5. The van der Waals surface area contributed by atoms with Gasteiger partial charge in [0.15, 0.2) is 6.10 Å². The molecule has 2 aliphatic rings. The van der Waals surface area contributed by atoms with Crippen LogP contribution < -0.4 is 5.32 Å². The molecule has 2 saturated heterocycles. The van der Waals surface area contributed by atoms with Crippen LogP contribution >= 0.6 is 11.8 Å². The molecule has 2 aliphatic heterocycles. The van der Waals surface area contributed by atoms with E-state index in [1.165, 1.54) is 16.7 Å². The fourth-order valence-corrected chi connectivity index (χ4v) is 3.71. The lowest BCUT2D eigenvalue weighted by molar-refractivity contribution is -0.156. The Morgan fingerprint density at radius 1 is 1.22 bits per heavy atom. The first-order valence-electron chi connectivity index (χ1n) is 7.88. The van der Waals surface area contributed by atoms with Crippen molar-refractivity contribution in [3.63, 3.8) is 0 Å². The molecule has 2 N–H and O–H groups in total. The SMILES string of the molecule is CC(C)C(C)NC(=O)C1CSCN1C(=O)[C@@H]1CC[C@H](C(=O)O)O1. The highest BCUT2D eigenvalue weighted by atomic mass is 32.2. The van der Waals surface area contributed by atoms with Crippen LogP contribution in [0.5, 0.6) is 0 Å². The number of aliphatic carboxylic acids is 1. The van der Waals surface area contributed by atoms with E-state index in [4.69, 9.17) is 9.84 Å². The number of carbonyl (C=O) groups is 3. The van der Waals surface area contributed by atoms with E-state index in [9.17, 15) is 14.4 Å². The van der Waals surface area contributed by atoms with Crippen LogP contribution in [0.25, 0.3) is 0 Å². The summed E-state index contributed by atoms with van der Waals surface area (Å²) in [6, 6.07) is -0.481. The molecule has 2 fully saturated rings. The van der Waals surface area contributed by atoms with E-state index in [2.05, 4.69) is 5.32 Å². The smallest absolute Gasteiger partial charge is 0.332 e. The average Bonchev–Trinajstić information content (AvgIpc) is 3.15. The Labute approximate surface area is 140 Å². The third-order valence-electron chi connectivity index (χ3n) is 4.41. The van der Waals surface area contributed by atoms with E-state index < -0.39 is 24.2 Å². The Hall–Kier alpha value is -1.28. The quantitative estimate of drug-likeness (QED) is 0.761. The Morgan fingerprint density at radius 2 is 1.87 bits per heavy atom. The molecule has 2 amide bonds. The Morgan fingerprint density at radius 3 is 2.43 bits per heavy atom. The van der Waals surface area contributed by atoms with Crippen LogP contribution in [0, 0.1) is 5.92 Å². The molecule has 8 heteroatoms.